The van der Waals surface area contributed by atoms with Gasteiger partial charge in [0.05, 0.1) is 0 Å². The Labute approximate surface area is 87.2 Å². The van der Waals surface area contributed by atoms with E-state index in [0.717, 1.165) is 6.42 Å². The van der Waals surface area contributed by atoms with Crippen molar-refractivity contribution in [2.75, 3.05) is 12.8 Å². The fourth-order valence-corrected chi connectivity index (χ4v) is 1.20. The molecule has 0 atom stereocenters. The maximum atomic E-state index is 10.9. The number of nitrogens with one attached hydrogen (secondary N) is 1. The number of rotatable bonds is 4. The molecule has 5 nitrogen and oxygen atoms in total. The maximum Gasteiger partial charge on any atom is 0.219 e. The first-order valence-electron chi connectivity index (χ1n) is 4.32. The number of anilines is 1. The molecular weight excluding hydrogens is 204 g/mol. The summed E-state index contributed by atoms with van der Waals surface area (Å²) in [6, 6.07) is 0. The summed E-state index contributed by atoms with van der Waals surface area (Å²) in [7, 11) is 1.62. The van der Waals surface area contributed by atoms with Crippen LogP contribution in [0.1, 0.15) is 12.8 Å². The molecule has 1 amide bonds. The van der Waals surface area contributed by atoms with Crippen LogP contribution in [0.25, 0.3) is 0 Å². The lowest BCUT2D eigenvalue weighted by Crippen LogP contribution is -2.17. The molecule has 1 aromatic rings. The molecule has 3 N–H and O–H groups in total. The van der Waals surface area contributed by atoms with Crippen molar-refractivity contribution in [1.82, 2.24) is 15.1 Å². The van der Waals surface area contributed by atoms with Crippen molar-refractivity contribution in [3.63, 3.8) is 0 Å². The molecule has 1 heterocycles. The normalized spacial score (nSPS) is 10.1. The van der Waals surface area contributed by atoms with Crippen LogP contribution < -0.4 is 11.1 Å². The average Bonchev–Trinajstić information content (AvgIpc) is 2.46. The molecule has 1 aromatic heterocycles. The van der Waals surface area contributed by atoms with Gasteiger partial charge in [0, 0.05) is 26.2 Å². The molecule has 14 heavy (non-hydrogen) atoms. The zero-order valence-corrected chi connectivity index (χ0v) is 8.71. The van der Waals surface area contributed by atoms with Gasteiger partial charge in [-0.25, -0.2) is 0 Å². The molecule has 0 aromatic carbocycles. The standard InChI is InChI=1S/C8H13ClN4O/c1-11-7(14)3-2-4-13-5-6(9)8(10)12-13/h5H,2-4H2,1H3,(H2,10,12)(H,11,14). The van der Waals surface area contributed by atoms with E-state index in [0.29, 0.717) is 23.8 Å². The predicted molar refractivity (Wildman–Crippen MR) is 55.0 cm³/mol. The lowest BCUT2D eigenvalue weighted by Gasteiger charge is -2.00. The minimum absolute atomic E-state index is 0.0243. The summed E-state index contributed by atoms with van der Waals surface area (Å²) in [5.74, 6) is 0.350. The highest BCUT2D eigenvalue weighted by molar-refractivity contribution is 6.32. The number of hydrogen-bond acceptors (Lipinski definition) is 3. The molecule has 0 radical (unpaired) electrons. The van der Waals surface area contributed by atoms with Gasteiger partial charge in [-0.2, -0.15) is 5.10 Å². The SMILES string of the molecule is CNC(=O)CCCn1cc(Cl)c(N)n1. The molecule has 0 saturated carbocycles. The van der Waals surface area contributed by atoms with Gasteiger partial charge in [-0.1, -0.05) is 11.6 Å². The van der Waals surface area contributed by atoms with Crippen LogP contribution in [-0.2, 0) is 11.3 Å². The number of carbonyl (C=O) groups excluding carboxylic acids is 1. The smallest absolute Gasteiger partial charge is 0.219 e. The first kappa shape index (κ1) is 10.8. The quantitative estimate of drug-likeness (QED) is 0.776. The van der Waals surface area contributed by atoms with Crippen molar-refractivity contribution >= 4 is 23.3 Å². The highest BCUT2D eigenvalue weighted by Crippen LogP contribution is 2.15. The van der Waals surface area contributed by atoms with Gasteiger partial charge in [-0.15, -0.1) is 0 Å². The third-order valence-electron chi connectivity index (χ3n) is 1.81. The summed E-state index contributed by atoms with van der Waals surface area (Å²) in [5, 5.41) is 6.96. The number of aromatic nitrogens is 2. The van der Waals surface area contributed by atoms with Crippen LogP contribution >= 0.6 is 11.6 Å². The molecular formula is C8H13ClN4O. The van der Waals surface area contributed by atoms with Crippen LogP contribution in [0.5, 0.6) is 0 Å². The summed E-state index contributed by atoms with van der Waals surface area (Å²) < 4.78 is 1.64. The van der Waals surface area contributed by atoms with Crippen molar-refractivity contribution in [3.8, 4) is 0 Å². The molecule has 6 heteroatoms. The van der Waals surface area contributed by atoms with Gasteiger partial charge in [-0.3, -0.25) is 9.48 Å². The number of hydrogen-bond donors (Lipinski definition) is 2. The Hall–Kier alpha value is -1.23. The van der Waals surface area contributed by atoms with Crippen LogP contribution in [0, 0.1) is 0 Å². The van der Waals surface area contributed by atoms with Crippen LogP contribution in [0.15, 0.2) is 6.20 Å². The highest BCUT2D eigenvalue weighted by atomic mass is 35.5. The minimum Gasteiger partial charge on any atom is -0.381 e. The van der Waals surface area contributed by atoms with Gasteiger partial charge in [0.1, 0.15) is 5.02 Å². The average molecular weight is 217 g/mol. The number of amides is 1. The van der Waals surface area contributed by atoms with Crippen molar-refractivity contribution < 1.29 is 4.79 Å². The lowest BCUT2D eigenvalue weighted by molar-refractivity contribution is -0.120. The van der Waals surface area contributed by atoms with E-state index < -0.39 is 0 Å². The summed E-state index contributed by atoms with van der Waals surface area (Å²) >= 11 is 5.71. The fraction of sp³-hybridized carbons (Fsp3) is 0.500. The second kappa shape index (κ2) is 4.85. The summed E-state index contributed by atoms with van der Waals surface area (Å²) in [5.41, 5.74) is 5.46. The molecule has 78 valence electrons. The van der Waals surface area contributed by atoms with E-state index in [1.165, 1.54) is 0 Å². The maximum absolute atomic E-state index is 10.9. The van der Waals surface area contributed by atoms with E-state index in [4.69, 9.17) is 17.3 Å². The summed E-state index contributed by atoms with van der Waals surface area (Å²) in [6.07, 6.45) is 2.85. The van der Waals surface area contributed by atoms with Gasteiger partial charge >= 0.3 is 0 Å². The topological polar surface area (TPSA) is 72.9 Å². The third kappa shape index (κ3) is 2.92. The molecule has 1 rings (SSSR count). The molecule has 0 unspecified atom stereocenters. The number of aryl methyl sites for hydroxylation is 1. The van der Waals surface area contributed by atoms with E-state index in [1.54, 1.807) is 17.9 Å². The Balaban J connectivity index is 2.35. The Morgan fingerprint density at radius 3 is 3.00 bits per heavy atom. The second-order valence-electron chi connectivity index (χ2n) is 2.90. The number of nitrogens with two attached hydrogens (primary N) is 1. The summed E-state index contributed by atoms with van der Waals surface area (Å²) in [4.78, 5) is 10.9. The van der Waals surface area contributed by atoms with E-state index in [2.05, 4.69) is 10.4 Å². The molecule has 0 aliphatic rings. The molecule has 0 aliphatic carbocycles. The molecule has 0 aliphatic heterocycles. The highest BCUT2D eigenvalue weighted by Gasteiger charge is 2.03. The van der Waals surface area contributed by atoms with Gasteiger partial charge < -0.3 is 11.1 Å². The Morgan fingerprint density at radius 1 is 1.79 bits per heavy atom. The first-order valence-corrected chi connectivity index (χ1v) is 4.70. The van der Waals surface area contributed by atoms with E-state index in [1.807, 2.05) is 0 Å². The molecule has 0 bridgehead atoms. The summed E-state index contributed by atoms with van der Waals surface area (Å²) in [6.45, 7) is 0.643. The van der Waals surface area contributed by atoms with Crippen molar-refractivity contribution in [1.29, 1.82) is 0 Å². The second-order valence-corrected chi connectivity index (χ2v) is 3.31. The van der Waals surface area contributed by atoms with Gasteiger partial charge in [0.15, 0.2) is 5.82 Å². The minimum atomic E-state index is 0.0243. The van der Waals surface area contributed by atoms with E-state index >= 15 is 0 Å². The predicted octanol–water partition coefficient (Wildman–Crippen LogP) is 0.645. The number of nitrogens with zero attached hydrogens (tertiary/aromatic N) is 2. The van der Waals surface area contributed by atoms with Gasteiger partial charge in [0.2, 0.25) is 5.91 Å². The number of nitrogen functional groups attached to an aromatic ring is 1. The van der Waals surface area contributed by atoms with Crippen LogP contribution in [0.2, 0.25) is 5.02 Å². The molecule has 0 fully saturated rings. The van der Waals surface area contributed by atoms with Crippen LogP contribution in [-0.4, -0.2) is 22.7 Å². The largest absolute Gasteiger partial charge is 0.381 e. The number of carbonyl (C=O) groups is 1. The van der Waals surface area contributed by atoms with E-state index in [-0.39, 0.29) is 5.91 Å². The van der Waals surface area contributed by atoms with Crippen molar-refractivity contribution in [2.45, 2.75) is 19.4 Å². The fourth-order valence-electron chi connectivity index (χ4n) is 1.05. The van der Waals surface area contributed by atoms with Crippen LogP contribution in [0.4, 0.5) is 5.82 Å². The van der Waals surface area contributed by atoms with Crippen molar-refractivity contribution in [3.05, 3.63) is 11.2 Å². The number of halogens is 1. The van der Waals surface area contributed by atoms with Gasteiger partial charge in [-0.05, 0) is 6.42 Å². The van der Waals surface area contributed by atoms with Crippen LogP contribution in [0.3, 0.4) is 0 Å². The Morgan fingerprint density at radius 2 is 2.50 bits per heavy atom. The molecule has 0 saturated heterocycles. The Kier molecular flexibility index (Phi) is 3.76. The van der Waals surface area contributed by atoms with E-state index in [9.17, 15) is 4.79 Å². The van der Waals surface area contributed by atoms with Crippen molar-refractivity contribution in [2.24, 2.45) is 0 Å². The zero-order valence-electron chi connectivity index (χ0n) is 7.96. The lowest BCUT2D eigenvalue weighted by atomic mass is 10.3. The zero-order chi connectivity index (χ0) is 10.6. The van der Waals surface area contributed by atoms with Gasteiger partial charge in [0.25, 0.3) is 0 Å². The third-order valence-corrected chi connectivity index (χ3v) is 2.10. The molecule has 0 spiro atoms. The monoisotopic (exact) mass is 216 g/mol. The Bertz CT molecular complexity index is 304. The first-order chi connectivity index (χ1) is 6.63.